The minimum absolute atomic E-state index is 0.0234. The molecule has 0 aliphatic carbocycles. The zero-order valence-electron chi connectivity index (χ0n) is 29.2. The number of anilines is 1. The zero-order valence-corrected chi connectivity index (χ0v) is 29.2. The number of esters is 1. The summed E-state index contributed by atoms with van der Waals surface area (Å²) < 4.78 is 17.1. The minimum Gasteiger partial charge on any atom is -0.469 e. The summed E-state index contributed by atoms with van der Waals surface area (Å²) in [6.45, 7) is 9.19. The Hall–Kier alpha value is -4.91. The highest BCUT2D eigenvalue weighted by Gasteiger charge is 2.42. The van der Waals surface area contributed by atoms with Crippen LogP contribution in [-0.4, -0.2) is 76.8 Å². The highest BCUT2D eigenvalue weighted by molar-refractivity contribution is 5.96. The Balaban J connectivity index is 1.25. The normalized spacial score (nSPS) is 20.7. The molecule has 266 valence electrons. The van der Waals surface area contributed by atoms with E-state index in [1.54, 1.807) is 20.8 Å². The summed E-state index contributed by atoms with van der Waals surface area (Å²) >= 11 is 0. The van der Waals surface area contributed by atoms with Crippen LogP contribution < -0.4 is 20.7 Å². The molecule has 50 heavy (non-hydrogen) atoms. The molecule has 0 bridgehead atoms. The maximum absolute atomic E-state index is 14.1. The zero-order chi connectivity index (χ0) is 35.9. The summed E-state index contributed by atoms with van der Waals surface area (Å²) in [6.07, 6.45) is -0.272. The van der Waals surface area contributed by atoms with Gasteiger partial charge in [0.25, 0.3) is 5.91 Å². The lowest BCUT2D eigenvalue weighted by Crippen LogP contribution is -2.52. The van der Waals surface area contributed by atoms with Crippen LogP contribution in [0.4, 0.5) is 5.69 Å². The van der Waals surface area contributed by atoms with E-state index in [-0.39, 0.29) is 47.7 Å². The molecule has 3 aromatic rings. The predicted molar refractivity (Wildman–Crippen MR) is 182 cm³/mol. The maximum Gasteiger partial charge on any atom is 0.328 e. The molecule has 0 spiro atoms. The van der Waals surface area contributed by atoms with Crippen LogP contribution in [0.1, 0.15) is 91.3 Å². The minimum atomic E-state index is -1.32. The largest absolute Gasteiger partial charge is 0.469 e. The molecule has 1 saturated heterocycles. The van der Waals surface area contributed by atoms with Gasteiger partial charge in [0.05, 0.1) is 13.0 Å². The van der Waals surface area contributed by atoms with Crippen molar-refractivity contribution < 1.29 is 38.2 Å². The van der Waals surface area contributed by atoms with Crippen LogP contribution in [0.5, 0.6) is 5.75 Å². The van der Waals surface area contributed by atoms with Crippen molar-refractivity contribution in [2.75, 3.05) is 19.0 Å². The number of likely N-dealkylation sites (tertiary alicyclic amines) is 1. The number of rotatable bonds is 11. The number of carbonyl (C=O) groups is 4. The van der Waals surface area contributed by atoms with Crippen LogP contribution in [0.15, 0.2) is 46.9 Å². The molecule has 13 nitrogen and oxygen atoms in total. The molecule has 1 aromatic heterocycles. The fourth-order valence-electron chi connectivity index (χ4n) is 6.99. The highest BCUT2D eigenvalue weighted by Crippen LogP contribution is 2.49. The van der Waals surface area contributed by atoms with E-state index in [1.807, 2.05) is 50.2 Å². The number of benzene rings is 2. The number of carbonyl (C=O) groups excluding carboxylic acids is 4. The van der Waals surface area contributed by atoms with Gasteiger partial charge in [-0.2, -0.15) is 0 Å². The van der Waals surface area contributed by atoms with E-state index in [1.165, 1.54) is 12.0 Å². The van der Waals surface area contributed by atoms with Crippen molar-refractivity contribution in [2.45, 2.75) is 90.3 Å². The molecule has 4 N–H and O–H groups in total. The molecule has 4 heterocycles. The molecule has 6 atom stereocenters. The Labute approximate surface area is 291 Å². The molecule has 3 aliphatic heterocycles. The maximum atomic E-state index is 14.1. The van der Waals surface area contributed by atoms with Gasteiger partial charge in [-0.15, -0.1) is 0 Å². The predicted octanol–water partition coefficient (Wildman–Crippen LogP) is 3.59. The number of aliphatic hydroxyl groups excluding tert-OH is 1. The number of aliphatic hydroxyl groups is 1. The van der Waals surface area contributed by atoms with Crippen LogP contribution >= 0.6 is 0 Å². The Morgan fingerprint density at radius 3 is 2.52 bits per heavy atom. The molecule has 2 aromatic carbocycles. The van der Waals surface area contributed by atoms with E-state index in [9.17, 15) is 24.3 Å². The first-order chi connectivity index (χ1) is 23.9. The monoisotopic (exact) mass is 687 g/mol. The number of methoxy groups -OCH3 is 1. The SMILES string of the molecule is COC(=O)[C@@H]1CCCN1C(=O)c1nc([C@@H](NC(=O)[C@H](Cc2ccc3c(c2)[C@H]2c4ccccc4NC2O3)NC(=O)[C@@H](O)C(C)C)C(C)C)oc1C. The van der Waals surface area contributed by atoms with Gasteiger partial charge < -0.3 is 39.8 Å². The first-order valence-corrected chi connectivity index (χ1v) is 17.2. The fraction of sp³-hybridized carbons (Fsp3) is 0.486. The lowest BCUT2D eigenvalue weighted by molar-refractivity contribution is -0.145. The number of ether oxygens (including phenoxy) is 2. The average Bonchev–Trinajstić information content (AvgIpc) is 3.88. The molecule has 0 radical (unpaired) electrons. The highest BCUT2D eigenvalue weighted by atomic mass is 16.5. The summed E-state index contributed by atoms with van der Waals surface area (Å²) in [5.74, 6) is -1.59. The van der Waals surface area contributed by atoms with E-state index < -0.39 is 47.9 Å². The number of aromatic nitrogens is 1. The van der Waals surface area contributed by atoms with Crippen LogP contribution in [0, 0.1) is 18.8 Å². The lowest BCUT2D eigenvalue weighted by Gasteiger charge is -2.25. The molecule has 3 aliphatic rings. The number of nitrogens with zero attached hydrogens (tertiary/aromatic N) is 2. The second kappa shape index (κ2) is 14.1. The van der Waals surface area contributed by atoms with Gasteiger partial charge in [-0.3, -0.25) is 14.4 Å². The summed E-state index contributed by atoms with van der Waals surface area (Å²) in [4.78, 5) is 59.0. The van der Waals surface area contributed by atoms with Crippen molar-refractivity contribution >= 4 is 29.4 Å². The van der Waals surface area contributed by atoms with Crippen molar-refractivity contribution in [1.29, 1.82) is 0 Å². The van der Waals surface area contributed by atoms with E-state index in [0.717, 1.165) is 28.1 Å². The number of nitrogens with one attached hydrogen (secondary N) is 3. The number of hydrogen-bond acceptors (Lipinski definition) is 10. The van der Waals surface area contributed by atoms with E-state index in [0.29, 0.717) is 19.4 Å². The van der Waals surface area contributed by atoms with E-state index in [2.05, 4.69) is 27.0 Å². The smallest absolute Gasteiger partial charge is 0.328 e. The second-order valence-electron chi connectivity index (χ2n) is 13.9. The summed E-state index contributed by atoms with van der Waals surface area (Å²) in [5.41, 5.74) is 3.98. The molecule has 0 saturated carbocycles. The molecule has 13 heteroatoms. The van der Waals surface area contributed by atoms with Crippen molar-refractivity contribution in [2.24, 2.45) is 11.8 Å². The Kier molecular flexibility index (Phi) is 9.88. The molecular weight excluding hydrogens is 642 g/mol. The summed E-state index contributed by atoms with van der Waals surface area (Å²) in [5, 5.41) is 19.7. The standard InChI is InChI=1S/C37H45N5O8/c1-18(2)29(35-41-30(20(5)49-35)36(46)42-15-9-12-26(42)37(47)48-6)40-32(44)25(38-33(45)31(43)19(3)4)17-21-13-14-27-23(16-21)28-22-10-7-8-11-24(22)39-34(28)50-27/h7-8,10-11,13-14,16,18-19,25-26,28-29,31,34,39,43H,9,12,15,17H2,1-6H3,(H,38,45)(H,40,44)/t25-,26-,28+,29-,31-,34?/m0/s1. The van der Waals surface area contributed by atoms with Gasteiger partial charge in [-0.1, -0.05) is 58.0 Å². The fourth-order valence-corrected chi connectivity index (χ4v) is 6.99. The van der Waals surface area contributed by atoms with Crippen molar-refractivity contribution in [3.63, 3.8) is 0 Å². The molecule has 3 amide bonds. The number of aryl methyl sites for hydroxylation is 1. The van der Waals surface area contributed by atoms with Crippen molar-refractivity contribution in [1.82, 2.24) is 20.5 Å². The van der Waals surface area contributed by atoms with Crippen LogP contribution in [0.25, 0.3) is 0 Å². The van der Waals surface area contributed by atoms with Crippen molar-refractivity contribution in [3.05, 3.63) is 76.5 Å². The van der Waals surface area contributed by atoms with Crippen LogP contribution in [-0.2, 0) is 25.5 Å². The third kappa shape index (κ3) is 6.66. The third-order valence-electron chi connectivity index (χ3n) is 9.77. The molecule has 1 fully saturated rings. The summed E-state index contributed by atoms with van der Waals surface area (Å²) in [6, 6.07) is 11.3. The number of fused-ring (bicyclic) bond motifs is 5. The topological polar surface area (TPSA) is 172 Å². The van der Waals surface area contributed by atoms with Gasteiger partial charge in [-0.05, 0) is 54.9 Å². The van der Waals surface area contributed by atoms with Gasteiger partial charge in [0.15, 0.2) is 11.9 Å². The van der Waals surface area contributed by atoms with Gasteiger partial charge >= 0.3 is 5.97 Å². The van der Waals surface area contributed by atoms with Crippen molar-refractivity contribution in [3.8, 4) is 5.75 Å². The lowest BCUT2D eigenvalue weighted by atomic mass is 9.91. The van der Waals surface area contributed by atoms with Crippen LogP contribution in [0.3, 0.4) is 0 Å². The summed E-state index contributed by atoms with van der Waals surface area (Å²) in [7, 11) is 1.29. The molecular formula is C37H45N5O8. The van der Waals surface area contributed by atoms with Gasteiger partial charge in [0.1, 0.15) is 35.7 Å². The second-order valence-corrected chi connectivity index (χ2v) is 13.9. The third-order valence-corrected chi connectivity index (χ3v) is 9.77. The number of oxazole rings is 1. The first-order valence-electron chi connectivity index (χ1n) is 17.2. The van der Waals surface area contributed by atoms with Gasteiger partial charge in [0, 0.05) is 24.2 Å². The number of hydrogen-bond donors (Lipinski definition) is 4. The molecule has 6 rings (SSSR count). The number of amides is 3. The van der Waals surface area contributed by atoms with Gasteiger partial charge in [0.2, 0.25) is 17.7 Å². The van der Waals surface area contributed by atoms with E-state index >= 15 is 0 Å². The quantitative estimate of drug-likeness (QED) is 0.218. The number of para-hydroxylation sites is 1. The Morgan fingerprint density at radius 1 is 1.04 bits per heavy atom. The Bertz CT molecular complexity index is 1790. The Morgan fingerprint density at radius 2 is 1.80 bits per heavy atom. The average molecular weight is 688 g/mol. The van der Waals surface area contributed by atoms with E-state index in [4.69, 9.17) is 13.9 Å². The first kappa shape index (κ1) is 34.9. The molecule has 1 unspecified atom stereocenters. The van der Waals surface area contributed by atoms with Gasteiger partial charge in [-0.25, -0.2) is 9.78 Å². The van der Waals surface area contributed by atoms with Crippen LogP contribution in [0.2, 0.25) is 0 Å².